The van der Waals surface area contributed by atoms with Crippen molar-refractivity contribution in [3.63, 3.8) is 0 Å². The molecule has 1 aliphatic rings. The Labute approximate surface area is 306 Å². The van der Waals surface area contributed by atoms with Crippen molar-refractivity contribution in [2.45, 2.75) is 70.4 Å². The number of aliphatic hydroxyl groups excluding tert-OH is 3. The van der Waals surface area contributed by atoms with Gasteiger partial charge in [0.25, 0.3) is 0 Å². The number of aromatic nitrogens is 4. The van der Waals surface area contributed by atoms with Gasteiger partial charge in [-0.3, -0.25) is 27.7 Å². The molecule has 2 aromatic rings. The largest absolute Gasteiger partial charge is 0.481 e. The van der Waals surface area contributed by atoms with Crippen LogP contribution in [0.3, 0.4) is 0 Å². The van der Waals surface area contributed by atoms with Crippen LogP contribution in [0.15, 0.2) is 12.7 Å². The van der Waals surface area contributed by atoms with Crippen molar-refractivity contribution in [2.75, 3.05) is 43.5 Å². The maximum atomic E-state index is 12.6. The van der Waals surface area contributed by atoms with Crippen molar-refractivity contribution in [2.24, 2.45) is 5.41 Å². The molecule has 28 heteroatoms. The minimum absolute atomic E-state index is 0.0347. The first-order valence-electron chi connectivity index (χ1n) is 15.7. The summed E-state index contributed by atoms with van der Waals surface area (Å²) in [7, 11) is -16.3. The summed E-state index contributed by atoms with van der Waals surface area (Å²) in [4.78, 5) is 75.3. The highest BCUT2D eigenvalue weighted by Gasteiger charge is 2.50. The molecule has 3 heterocycles. The average Bonchev–Trinajstić information content (AvgIpc) is 3.60. The predicted octanol–water partition coefficient (Wildman–Crippen LogP) is -1.09. The molecular formula is C25H44N7O17P3S. The zero-order valence-electron chi connectivity index (χ0n) is 28.6. The Hall–Kier alpha value is -2.15. The predicted molar refractivity (Wildman–Crippen MR) is 183 cm³/mol. The highest BCUT2D eigenvalue weighted by Crippen LogP contribution is 2.61. The lowest BCUT2D eigenvalue weighted by Gasteiger charge is -2.30. The molecule has 53 heavy (non-hydrogen) atoms. The number of phosphoric ester groups is 3. The second-order valence-corrected chi connectivity index (χ2v) is 17.8. The van der Waals surface area contributed by atoms with Gasteiger partial charge < -0.3 is 56.0 Å². The highest BCUT2D eigenvalue weighted by molar-refractivity contribution is 7.99. The van der Waals surface area contributed by atoms with Gasteiger partial charge in [0.1, 0.15) is 36.3 Å². The lowest BCUT2D eigenvalue weighted by molar-refractivity contribution is -0.137. The summed E-state index contributed by atoms with van der Waals surface area (Å²) in [5.74, 6) is 0.00582. The van der Waals surface area contributed by atoms with Crippen LogP contribution in [-0.4, -0.2) is 135 Å². The molecule has 302 valence electrons. The third kappa shape index (κ3) is 14.1. The number of hydrogen-bond acceptors (Lipinski definition) is 18. The zero-order chi connectivity index (χ0) is 39.8. The van der Waals surface area contributed by atoms with Crippen LogP contribution in [0.4, 0.5) is 5.82 Å². The number of nitrogen functional groups attached to an aromatic ring is 1. The van der Waals surface area contributed by atoms with Crippen molar-refractivity contribution in [3.05, 3.63) is 12.7 Å². The number of carbonyl (C=O) groups is 2. The molecular weight excluding hydrogens is 795 g/mol. The molecule has 0 aliphatic carbocycles. The molecule has 1 aliphatic heterocycles. The van der Waals surface area contributed by atoms with E-state index in [0.29, 0.717) is 18.7 Å². The van der Waals surface area contributed by atoms with E-state index in [0.717, 1.165) is 23.0 Å². The average molecular weight is 840 g/mol. The number of hydrogen-bond donors (Lipinski definition) is 10. The lowest BCUT2D eigenvalue weighted by atomic mass is 9.87. The summed E-state index contributed by atoms with van der Waals surface area (Å²) in [6, 6.07) is 0. The molecule has 1 fully saturated rings. The van der Waals surface area contributed by atoms with E-state index < -0.39 is 84.8 Å². The van der Waals surface area contributed by atoms with Gasteiger partial charge in [-0.05, 0) is 19.1 Å². The monoisotopic (exact) mass is 839 g/mol. The molecule has 2 aromatic heterocycles. The number of carbonyl (C=O) groups excluding carboxylic acids is 2. The van der Waals surface area contributed by atoms with Crippen LogP contribution in [0.25, 0.3) is 11.2 Å². The van der Waals surface area contributed by atoms with Crippen LogP contribution in [0.5, 0.6) is 0 Å². The first kappa shape index (κ1) is 45.2. The van der Waals surface area contributed by atoms with Crippen molar-refractivity contribution in [1.29, 1.82) is 0 Å². The highest BCUT2D eigenvalue weighted by atomic mass is 32.2. The normalized spacial score (nSPS) is 22.9. The van der Waals surface area contributed by atoms with E-state index in [9.17, 15) is 58.2 Å². The molecule has 2 unspecified atom stereocenters. The fourth-order valence-corrected chi connectivity index (χ4v) is 8.35. The van der Waals surface area contributed by atoms with E-state index in [4.69, 9.17) is 19.5 Å². The van der Waals surface area contributed by atoms with Crippen LogP contribution in [0.2, 0.25) is 0 Å². The van der Waals surface area contributed by atoms with E-state index in [1.54, 1.807) is 18.7 Å². The quantitative estimate of drug-likeness (QED) is 0.0497. The fraction of sp³-hybridized carbons (Fsp3) is 0.720. The minimum Gasteiger partial charge on any atom is -0.393 e. The Kier molecular flexibility index (Phi) is 16.3. The second-order valence-electron chi connectivity index (χ2n) is 12.3. The Balaban J connectivity index is 1.51. The molecule has 0 bridgehead atoms. The number of nitrogens with one attached hydrogen (secondary N) is 2. The molecule has 0 radical (unpaired) electrons. The summed E-state index contributed by atoms with van der Waals surface area (Å²) in [5.41, 5.74) is 4.29. The summed E-state index contributed by atoms with van der Waals surface area (Å²) in [6.45, 7) is 2.44. The van der Waals surface area contributed by atoms with Crippen LogP contribution >= 0.6 is 35.2 Å². The number of nitrogens with zero attached hydrogens (tertiary/aromatic N) is 4. The Bertz CT molecular complexity index is 1700. The SMILES string of the molecule is C[C@H](O)CCSCCNC(=O)CCNC(=O)[C@H](O)C(C)(C)COP(=O)(O)OP(=O)(O)OC[C@H]1O[C@@H](n2cnc3c(N)ncnc32)[C@H](O)[C@@H]1OP(=O)(O)O. The fourth-order valence-electron chi connectivity index (χ4n) is 4.56. The Morgan fingerprint density at radius 1 is 1.06 bits per heavy atom. The summed E-state index contributed by atoms with van der Waals surface area (Å²) >= 11 is 1.55. The van der Waals surface area contributed by atoms with Crippen LogP contribution in [0.1, 0.15) is 39.8 Å². The van der Waals surface area contributed by atoms with Crippen molar-refractivity contribution < 1.29 is 80.8 Å². The van der Waals surface area contributed by atoms with Crippen LogP contribution < -0.4 is 16.4 Å². The van der Waals surface area contributed by atoms with Crippen molar-refractivity contribution in [1.82, 2.24) is 30.2 Å². The van der Waals surface area contributed by atoms with E-state index in [2.05, 4.69) is 34.4 Å². The maximum Gasteiger partial charge on any atom is 0.481 e. The smallest absolute Gasteiger partial charge is 0.393 e. The number of ether oxygens (including phenoxy) is 1. The molecule has 11 N–H and O–H groups in total. The molecule has 0 aromatic carbocycles. The van der Waals surface area contributed by atoms with Gasteiger partial charge >= 0.3 is 23.5 Å². The molecule has 3 rings (SSSR count). The third-order valence-electron chi connectivity index (χ3n) is 7.33. The van der Waals surface area contributed by atoms with E-state index in [-0.39, 0.29) is 35.9 Å². The molecule has 8 atom stereocenters. The molecule has 1 saturated heterocycles. The number of imidazole rings is 1. The number of fused-ring (bicyclic) bond motifs is 1. The molecule has 2 amide bonds. The minimum atomic E-state index is -5.55. The summed E-state index contributed by atoms with van der Waals surface area (Å²) < 4.78 is 62.0. The number of nitrogens with two attached hydrogens (primary N) is 1. The Morgan fingerprint density at radius 2 is 1.74 bits per heavy atom. The number of amides is 2. The van der Waals surface area contributed by atoms with Gasteiger partial charge in [0.15, 0.2) is 17.7 Å². The number of thioether (sulfide) groups is 1. The molecule has 0 saturated carbocycles. The van der Waals surface area contributed by atoms with Crippen LogP contribution in [0, 0.1) is 5.41 Å². The van der Waals surface area contributed by atoms with Gasteiger partial charge in [-0.25, -0.2) is 28.6 Å². The number of phosphoric acid groups is 3. The van der Waals surface area contributed by atoms with E-state index >= 15 is 0 Å². The topological polar surface area (TPSA) is 367 Å². The molecule has 0 spiro atoms. The van der Waals surface area contributed by atoms with Crippen molar-refractivity contribution in [3.8, 4) is 0 Å². The van der Waals surface area contributed by atoms with Gasteiger partial charge in [0.2, 0.25) is 11.8 Å². The third-order valence-corrected chi connectivity index (χ3v) is 11.4. The second kappa shape index (κ2) is 19.1. The first-order valence-corrected chi connectivity index (χ1v) is 21.3. The van der Waals surface area contributed by atoms with Gasteiger partial charge in [-0.2, -0.15) is 16.1 Å². The number of rotatable bonds is 22. The first-order chi connectivity index (χ1) is 24.5. The standard InChI is InChI=1S/C25H44N7O17P3S/c1-14(33)5-8-53-9-7-27-16(34)4-6-28-23(37)20(36)25(2,3)11-46-52(43,44)49-51(41,42)45-10-15-19(48-50(38,39)40)18(35)24(47-15)32-13-31-17-21(26)29-12-30-22(17)32/h12-15,18-20,24,33,35-36H,4-11H2,1-3H3,(H,27,34)(H,28,37)(H,41,42)(H,43,44)(H2,26,29,30)(H2,38,39,40)/t14-,15+,18+,19+,20-,24+/m0/s1. The van der Waals surface area contributed by atoms with Gasteiger partial charge in [-0.15, -0.1) is 0 Å². The van der Waals surface area contributed by atoms with Crippen molar-refractivity contribution >= 4 is 64.0 Å². The summed E-state index contributed by atoms with van der Waals surface area (Å²) in [5, 5.41) is 35.6. The van der Waals surface area contributed by atoms with Gasteiger partial charge in [0, 0.05) is 30.7 Å². The number of aliphatic hydroxyl groups is 3. The molecule has 24 nitrogen and oxygen atoms in total. The van der Waals surface area contributed by atoms with Gasteiger partial charge in [0.05, 0.1) is 25.6 Å². The zero-order valence-corrected chi connectivity index (χ0v) is 32.1. The number of anilines is 1. The summed E-state index contributed by atoms with van der Waals surface area (Å²) in [6.07, 6.45) is -6.57. The lowest BCUT2D eigenvalue weighted by Crippen LogP contribution is -2.46. The Morgan fingerprint density at radius 3 is 2.40 bits per heavy atom. The van der Waals surface area contributed by atoms with Crippen LogP contribution in [-0.2, 0) is 45.9 Å². The van der Waals surface area contributed by atoms with Gasteiger partial charge in [-0.1, -0.05) is 13.8 Å². The van der Waals surface area contributed by atoms with E-state index in [1.165, 1.54) is 13.8 Å². The van der Waals surface area contributed by atoms with E-state index in [1.807, 2.05) is 0 Å². The maximum absolute atomic E-state index is 12.6.